The summed E-state index contributed by atoms with van der Waals surface area (Å²) in [5.74, 6) is -0.638. The second kappa shape index (κ2) is 9.42. The van der Waals surface area contributed by atoms with E-state index in [2.05, 4.69) is 24.3 Å². The van der Waals surface area contributed by atoms with Gasteiger partial charge in [0.05, 0.1) is 24.2 Å². The fourth-order valence-corrected chi connectivity index (χ4v) is 7.15. The van der Waals surface area contributed by atoms with Crippen LogP contribution in [0.15, 0.2) is 42.7 Å². The normalized spacial score (nSPS) is 27.7. The van der Waals surface area contributed by atoms with E-state index < -0.39 is 17.4 Å². The van der Waals surface area contributed by atoms with E-state index in [1.165, 1.54) is 0 Å². The highest BCUT2D eigenvalue weighted by Crippen LogP contribution is 2.54. The number of nitrogens with zero attached hydrogens (tertiary/aromatic N) is 5. The standard InChI is InChI=1S/C31H38N6O4/c1-30(2)12-23(30)28(40)35-18-31(19-35)17-34(27(39)21-13-32-36(15-21)14-20-6-4-3-5-7-20)16-24(31)26(38)33-25-10-11-37(29(25)41)22-8-9-22/h3-7,13,15,22-25H,8-12,14,16-19H2,1-2H3,(H,33,38)/t23-,24+,25+/m1/s1. The molecule has 1 N–H and O–H groups in total. The molecule has 216 valence electrons. The van der Waals surface area contributed by atoms with Crippen LogP contribution < -0.4 is 5.32 Å². The molecule has 3 saturated heterocycles. The van der Waals surface area contributed by atoms with Crippen molar-refractivity contribution >= 4 is 23.6 Å². The lowest BCUT2D eigenvalue weighted by Gasteiger charge is -2.50. The third-order valence-electron chi connectivity index (χ3n) is 10.00. The Balaban J connectivity index is 1.06. The number of hydrogen-bond acceptors (Lipinski definition) is 5. The Labute approximate surface area is 240 Å². The molecule has 7 rings (SSSR count). The van der Waals surface area contributed by atoms with E-state index in [0.717, 1.165) is 24.8 Å². The highest BCUT2D eigenvalue weighted by molar-refractivity contribution is 5.96. The van der Waals surface area contributed by atoms with Crippen LogP contribution in [0.3, 0.4) is 0 Å². The summed E-state index contributed by atoms with van der Waals surface area (Å²) in [6.07, 6.45) is 6.92. The summed E-state index contributed by atoms with van der Waals surface area (Å²) in [6.45, 7) is 7.04. The van der Waals surface area contributed by atoms with E-state index in [4.69, 9.17) is 0 Å². The van der Waals surface area contributed by atoms with Crippen molar-refractivity contribution in [2.75, 3.05) is 32.7 Å². The van der Waals surface area contributed by atoms with Gasteiger partial charge in [0.15, 0.2) is 0 Å². The van der Waals surface area contributed by atoms with Gasteiger partial charge in [-0.15, -0.1) is 0 Å². The third-order valence-corrected chi connectivity index (χ3v) is 10.00. The van der Waals surface area contributed by atoms with Crippen LogP contribution in [0, 0.1) is 22.7 Å². The van der Waals surface area contributed by atoms with Gasteiger partial charge in [0.2, 0.25) is 17.7 Å². The Morgan fingerprint density at radius 1 is 1.00 bits per heavy atom. The zero-order chi connectivity index (χ0) is 28.5. The number of aromatic nitrogens is 2. The molecule has 0 unspecified atom stereocenters. The van der Waals surface area contributed by atoms with E-state index in [1.54, 1.807) is 22.0 Å². The van der Waals surface area contributed by atoms with Crippen molar-refractivity contribution in [2.24, 2.45) is 22.7 Å². The molecule has 41 heavy (non-hydrogen) atoms. The van der Waals surface area contributed by atoms with Crippen LogP contribution in [-0.2, 0) is 20.9 Å². The average molecular weight is 559 g/mol. The quantitative estimate of drug-likeness (QED) is 0.557. The first kappa shape index (κ1) is 26.2. The second-order valence-corrected chi connectivity index (χ2v) is 13.6. The third kappa shape index (κ3) is 4.71. The summed E-state index contributed by atoms with van der Waals surface area (Å²) in [5, 5.41) is 7.44. The Bertz CT molecular complexity index is 1390. The Morgan fingerprint density at radius 2 is 1.71 bits per heavy atom. The molecule has 1 aromatic heterocycles. The molecule has 0 bridgehead atoms. The van der Waals surface area contributed by atoms with Crippen molar-refractivity contribution in [3.05, 3.63) is 53.9 Å². The van der Waals surface area contributed by atoms with Gasteiger partial charge in [-0.2, -0.15) is 5.10 Å². The lowest BCUT2D eigenvalue weighted by molar-refractivity contribution is -0.151. The first-order chi connectivity index (χ1) is 19.6. The van der Waals surface area contributed by atoms with Crippen LogP contribution >= 0.6 is 0 Å². The van der Waals surface area contributed by atoms with E-state index in [9.17, 15) is 19.2 Å². The van der Waals surface area contributed by atoms with Crippen LogP contribution in [0.4, 0.5) is 0 Å². The Kier molecular flexibility index (Phi) is 6.03. The molecule has 5 fully saturated rings. The van der Waals surface area contributed by atoms with Gasteiger partial charge in [-0.1, -0.05) is 44.2 Å². The van der Waals surface area contributed by atoms with Gasteiger partial charge >= 0.3 is 0 Å². The number of benzene rings is 1. The summed E-state index contributed by atoms with van der Waals surface area (Å²) in [4.78, 5) is 59.0. The molecular weight excluding hydrogens is 520 g/mol. The first-order valence-corrected chi connectivity index (χ1v) is 14.9. The summed E-state index contributed by atoms with van der Waals surface area (Å²) in [5.41, 5.74) is 1.10. The van der Waals surface area contributed by atoms with Crippen molar-refractivity contribution in [1.29, 1.82) is 0 Å². The average Bonchev–Trinajstić information content (AvgIpc) is 3.70. The van der Waals surface area contributed by atoms with E-state index in [-0.39, 0.29) is 41.5 Å². The van der Waals surface area contributed by atoms with Crippen LogP contribution in [0.2, 0.25) is 0 Å². The number of carbonyl (C=O) groups excluding carboxylic acids is 4. The predicted molar refractivity (Wildman–Crippen MR) is 149 cm³/mol. The number of hydrogen-bond donors (Lipinski definition) is 1. The number of carbonyl (C=O) groups is 4. The number of nitrogens with one attached hydrogen (secondary N) is 1. The molecule has 10 heteroatoms. The van der Waals surface area contributed by atoms with Crippen LogP contribution in [0.1, 0.15) is 55.5 Å². The number of likely N-dealkylation sites (tertiary alicyclic amines) is 3. The van der Waals surface area contributed by atoms with Gasteiger partial charge in [-0.3, -0.25) is 23.9 Å². The van der Waals surface area contributed by atoms with Crippen molar-refractivity contribution in [3.8, 4) is 0 Å². The Hall–Kier alpha value is -3.69. The van der Waals surface area contributed by atoms with Gasteiger partial charge in [-0.05, 0) is 36.7 Å². The van der Waals surface area contributed by atoms with Crippen molar-refractivity contribution in [3.63, 3.8) is 0 Å². The van der Waals surface area contributed by atoms with Gasteiger partial charge < -0.3 is 20.0 Å². The smallest absolute Gasteiger partial charge is 0.257 e. The first-order valence-electron chi connectivity index (χ1n) is 14.9. The van der Waals surface area contributed by atoms with E-state index in [1.807, 2.05) is 40.1 Å². The van der Waals surface area contributed by atoms with Crippen LogP contribution in [0.25, 0.3) is 0 Å². The summed E-state index contributed by atoms with van der Waals surface area (Å²) < 4.78 is 1.75. The SMILES string of the molecule is CC1(C)C[C@@H]1C(=O)N1CC2(CN(C(=O)c3cnn(Cc4ccccc4)c3)C[C@H]2C(=O)N[C@H]2CCN(C3CC3)C2=O)C1. The molecule has 4 heterocycles. The molecule has 0 radical (unpaired) electrons. The molecule has 5 aliphatic rings. The fourth-order valence-electron chi connectivity index (χ4n) is 7.15. The monoisotopic (exact) mass is 558 g/mol. The van der Waals surface area contributed by atoms with Gasteiger partial charge in [0.1, 0.15) is 6.04 Å². The minimum Gasteiger partial charge on any atom is -0.344 e. The summed E-state index contributed by atoms with van der Waals surface area (Å²) >= 11 is 0. The minimum atomic E-state index is -0.508. The lowest BCUT2D eigenvalue weighted by atomic mass is 9.70. The van der Waals surface area contributed by atoms with Crippen molar-refractivity contribution in [2.45, 2.75) is 58.2 Å². The van der Waals surface area contributed by atoms with Crippen molar-refractivity contribution in [1.82, 2.24) is 29.8 Å². The van der Waals surface area contributed by atoms with E-state index in [0.29, 0.717) is 50.7 Å². The molecule has 4 amide bonds. The van der Waals surface area contributed by atoms with Gasteiger partial charge in [0, 0.05) is 56.3 Å². The number of rotatable bonds is 7. The minimum absolute atomic E-state index is 0.00744. The second-order valence-electron chi connectivity index (χ2n) is 13.6. The van der Waals surface area contributed by atoms with E-state index >= 15 is 0 Å². The molecule has 2 aliphatic carbocycles. The molecule has 3 atom stereocenters. The molecule has 10 nitrogen and oxygen atoms in total. The largest absolute Gasteiger partial charge is 0.344 e. The molecule has 3 aliphatic heterocycles. The molecule has 2 saturated carbocycles. The van der Waals surface area contributed by atoms with Crippen LogP contribution in [0.5, 0.6) is 0 Å². The Morgan fingerprint density at radius 3 is 2.39 bits per heavy atom. The van der Waals surface area contributed by atoms with Crippen molar-refractivity contribution < 1.29 is 19.2 Å². The highest BCUT2D eigenvalue weighted by atomic mass is 16.2. The lowest BCUT2D eigenvalue weighted by Crippen LogP contribution is -2.65. The van der Waals surface area contributed by atoms with Gasteiger partial charge in [-0.25, -0.2) is 0 Å². The molecule has 1 aromatic carbocycles. The van der Waals surface area contributed by atoms with Gasteiger partial charge in [0.25, 0.3) is 5.91 Å². The predicted octanol–water partition coefficient (Wildman–Crippen LogP) is 1.76. The summed E-state index contributed by atoms with van der Waals surface area (Å²) in [6, 6.07) is 9.76. The maximum atomic E-state index is 13.7. The maximum Gasteiger partial charge on any atom is 0.257 e. The fraction of sp³-hybridized carbons (Fsp3) is 0.581. The highest BCUT2D eigenvalue weighted by Gasteiger charge is 2.62. The topological polar surface area (TPSA) is 108 Å². The zero-order valence-corrected chi connectivity index (χ0v) is 23.8. The zero-order valence-electron chi connectivity index (χ0n) is 23.8. The maximum absolute atomic E-state index is 13.7. The molecular formula is C31H38N6O4. The van der Waals surface area contributed by atoms with Crippen LogP contribution in [-0.4, -0.2) is 92.9 Å². The number of amides is 4. The molecule has 2 aromatic rings. The summed E-state index contributed by atoms with van der Waals surface area (Å²) in [7, 11) is 0. The molecule has 1 spiro atoms.